The second-order valence-electron chi connectivity index (χ2n) is 5.27. The van der Waals surface area contributed by atoms with Gasteiger partial charge in [0.1, 0.15) is 0 Å². The first kappa shape index (κ1) is 15.3. The molecule has 0 aliphatic rings. The van der Waals surface area contributed by atoms with Crippen molar-refractivity contribution in [1.82, 2.24) is 5.32 Å². The fourth-order valence-corrected chi connectivity index (χ4v) is 3.28. The number of hydrogen-bond donors (Lipinski definition) is 1. The number of rotatable bonds is 5. The van der Waals surface area contributed by atoms with Gasteiger partial charge in [-0.1, -0.05) is 59.3 Å². The molecule has 106 valence electrons. The van der Waals surface area contributed by atoms with Gasteiger partial charge in [0.2, 0.25) is 0 Å². The predicted molar refractivity (Wildman–Crippen MR) is 90.2 cm³/mol. The molecule has 0 amide bonds. The fraction of sp³-hybridized carbons (Fsp3) is 0.333. The Morgan fingerprint density at radius 2 is 1.85 bits per heavy atom. The Balaban J connectivity index is 2.29. The summed E-state index contributed by atoms with van der Waals surface area (Å²) in [4.78, 5) is 0. The first-order chi connectivity index (χ1) is 9.61. The summed E-state index contributed by atoms with van der Waals surface area (Å²) in [6.07, 6.45) is 1.02. The maximum absolute atomic E-state index is 3.71. The van der Waals surface area contributed by atoms with Crippen molar-refractivity contribution in [3.05, 3.63) is 69.2 Å². The summed E-state index contributed by atoms with van der Waals surface area (Å²) in [5, 5.41) is 3.60. The van der Waals surface area contributed by atoms with E-state index >= 15 is 0 Å². The lowest BCUT2D eigenvalue weighted by Crippen LogP contribution is -2.23. The van der Waals surface area contributed by atoms with E-state index in [1.165, 1.54) is 26.7 Å². The normalized spacial score (nSPS) is 12.4. The molecule has 0 saturated carbocycles. The molecule has 0 aliphatic heterocycles. The highest BCUT2D eigenvalue weighted by molar-refractivity contribution is 9.10. The molecule has 2 rings (SSSR count). The van der Waals surface area contributed by atoms with Crippen LogP contribution in [0.2, 0.25) is 0 Å². The lowest BCUT2D eigenvalue weighted by atomic mass is 9.95. The smallest absolute Gasteiger partial charge is 0.0372 e. The molecule has 0 heterocycles. The van der Waals surface area contributed by atoms with Crippen LogP contribution in [0.5, 0.6) is 0 Å². The lowest BCUT2D eigenvalue weighted by Gasteiger charge is -2.21. The highest BCUT2D eigenvalue weighted by atomic mass is 79.9. The van der Waals surface area contributed by atoms with E-state index < -0.39 is 0 Å². The number of benzene rings is 2. The Labute approximate surface area is 130 Å². The SMILES string of the molecule is CCNC(Cc1ccccc1C)c1ccc(C)cc1Br. The highest BCUT2D eigenvalue weighted by Crippen LogP contribution is 2.28. The quantitative estimate of drug-likeness (QED) is 0.816. The zero-order chi connectivity index (χ0) is 14.5. The minimum absolute atomic E-state index is 0.344. The summed E-state index contributed by atoms with van der Waals surface area (Å²) in [5.74, 6) is 0. The number of aryl methyl sites for hydroxylation is 2. The van der Waals surface area contributed by atoms with Crippen molar-refractivity contribution >= 4 is 15.9 Å². The molecule has 20 heavy (non-hydrogen) atoms. The van der Waals surface area contributed by atoms with Crippen molar-refractivity contribution in [1.29, 1.82) is 0 Å². The van der Waals surface area contributed by atoms with E-state index in [-0.39, 0.29) is 0 Å². The van der Waals surface area contributed by atoms with Gasteiger partial charge in [-0.25, -0.2) is 0 Å². The predicted octanol–water partition coefficient (Wildman–Crippen LogP) is 4.96. The maximum atomic E-state index is 3.71. The van der Waals surface area contributed by atoms with Crippen LogP contribution in [0.1, 0.15) is 35.2 Å². The minimum atomic E-state index is 0.344. The van der Waals surface area contributed by atoms with Crippen molar-refractivity contribution in [2.75, 3.05) is 6.54 Å². The molecule has 0 aromatic heterocycles. The van der Waals surface area contributed by atoms with Gasteiger partial charge < -0.3 is 5.32 Å². The van der Waals surface area contributed by atoms with Gasteiger partial charge in [-0.3, -0.25) is 0 Å². The number of hydrogen-bond acceptors (Lipinski definition) is 1. The van der Waals surface area contributed by atoms with E-state index in [1.54, 1.807) is 0 Å². The highest BCUT2D eigenvalue weighted by Gasteiger charge is 2.15. The van der Waals surface area contributed by atoms with Crippen molar-refractivity contribution in [2.24, 2.45) is 0 Å². The number of nitrogens with one attached hydrogen (secondary N) is 1. The van der Waals surface area contributed by atoms with E-state index in [9.17, 15) is 0 Å². The van der Waals surface area contributed by atoms with E-state index in [4.69, 9.17) is 0 Å². The van der Waals surface area contributed by atoms with Crippen molar-refractivity contribution in [3.8, 4) is 0 Å². The molecule has 1 atom stereocenters. The Morgan fingerprint density at radius 3 is 2.50 bits per heavy atom. The van der Waals surface area contributed by atoms with E-state index in [2.05, 4.69) is 84.5 Å². The molecule has 0 spiro atoms. The van der Waals surface area contributed by atoms with Crippen LogP contribution in [0.15, 0.2) is 46.9 Å². The molecular weight excluding hydrogens is 310 g/mol. The Hall–Kier alpha value is -1.12. The molecule has 0 radical (unpaired) electrons. The van der Waals surface area contributed by atoms with Crippen LogP contribution in [0.25, 0.3) is 0 Å². The summed E-state index contributed by atoms with van der Waals surface area (Å²) in [5.41, 5.74) is 5.39. The number of halogens is 1. The first-order valence-corrected chi connectivity index (χ1v) is 7.95. The summed E-state index contributed by atoms with van der Waals surface area (Å²) in [6, 6.07) is 15.6. The molecule has 0 bridgehead atoms. The van der Waals surface area contributed by atoms with Gasteiger partial charge in [0.15, 0.2) is 0 Å². The third-order valence-electron chi connectivity index (χ3n) is 3.67. The lowest BCUT2D eigenvalue weighted by molar-refractivity contribution is 0.547. The molecule has 0 fully saturated rings. The topological polar surface area (TPSA) is 12.0 Å². The van der Waals surface area contributed by atoms with Crippen LogP contribution >= 0.6 is 15.9 Å². The summed E-state index contributed by atoms with van der Waals surface area (Å²) < 4.78 is 1.19. The van der Waals surface area contributed by atoms with Crippen LogP contribution in [0.4, 0.5) is 0 Å². The van der Waals surface area contributed by atoms with Gasteiger partial charge in [0, 0.05) is 10.5 Å². The van der Waals surface area contributed by atoms with Crippen LogP contribution in [-0.2, 0) is 6.42 Å². The summed E-state index contributed by atoms with van der Waals surface area (Å²) in [6.45, 7) is 7.43. The van der Waals surface area contributed by atoms with E-state index in [0.717, 1.165) is 13.0 Å². The fourth-order valence-electron chi connectivity index (χ4n) is 2.51. The monoisotopic (exact) mass is 331 g/mol. The standard InChI is InChI=1S/C18H22BrN/c1-4-20-18(12-15-8-6-5-7-14(15)3)16-10-9-13(2)11-17(16)19/h5-11,18,20H,4,12H2,1-3H3. The van der Waals surface area contributed by atoms with Gasteiger partial charge in [0.25, 0.3) is 0 Å². The van der Waals surface area contributed by atoms with Crippen molar-refractivity contribution in [2.45, 2.75) is 33.2 Å². The summed E-state index contributed by atoms with van der Waals surface area (Å²) >= 11 is 3.71. The van der Waals surface area contributed by atoms with Crippen LogP contribution < -0.4 is 5.32 Å². The van der Waals surface area contributed by atoms with Crippen LogP contribution in [0, 0.1) is 13.8 Å². The van der Waals surface area contributed by atoms with Gasteiger partial charge in [-0.15, -0.1) is 0 Å². The molecule has 1 N–H and O–H groups in total. The zero-order valence-corrected chi connectivity index (χ0v) is 14.0. The second kappa shape index (κ2) is 7.05. The third-order valence-corrected chi connectivity index (χ3v) is 4.35. The van der Waals surface area contributed by atoms with Gasteiger partial charge in [-0.2, -0.15) is 0 Å². The third kappa shape index (κ3) is 3.71. The maximum Gasteiger partial charge on any atom is 0.0372 e. The molecule has 1 unspecified atom stereocenters. The minimum Gasteiger partial charge on any atom is -0.310 e. The Bertz CT molecular complexity index is 577. The molecule has 2 aromatic rings. The molecule has 1 nitrogen and oxygen atoms in total. The summed E-state index contributed by atoms with van der Waals surface area (Å²) in [7, 11) is 0. The van der Waals surface area contributed by atoms with E-state index in [0.29, 0.717) is 6.04 Å². The van der Waals surface area contributed by atoms with Gasteiger partial charge >= 0.3 is 0 Å². The molecular formula is C18H22BrN. The largest absolute Gasteiger partial charge is 0.310 e. The van der Waals surface area contributed by atoms with Crippen molar-refractivity contribution in [3.63, 3.8) is 0 Å². The average Bonchev–Trinajstić information content (AvgIpc) is 2.41. The molecule has 0 saturated heterocycles. The van der Waals surface area contributed by atoms with Gasteiger partial charge in [0.05, 0.1) is 0 Å². The molecule has 2 aromatic carbocycles. The zero-order valence-electron chi connectivity index (χ0n) is 12.4. The Kier molecular flexibility index (Phi) is 5.38. The Morgan fingerprint density at radius 1 is 1.10 bits per heavy atom. The number of likely N-dealkylation sites (N-methyl/N-ethyl adjacent to an activating group) is 1. The van der Waals surface area contributed by atoms with Crippen molar-refractivity contribution < 1.29 is 0 Å². The van der Waals surface area contributed by atoms with E-state index in [1.807, 2.05) is 0 Å². The van der Waals surface area contributed by atoms with Gasteiger partial charge in [-0.05, 0) is 55.1 Å². The van der Waals surface area contributed by atoms with Crippen LogP contribution in [0.3, 0.4) is 0 Å². The van der Waals surface area contributed by atoms with Crippen LogP contribution in [-0.4, -0.2) is 6.54 Å². The average molecular weight is 332 g/mol. The molecule has 0 aliphatic carbocycles. The second-order valence-corrected chi connectivity index (χ2v) is 6.12. The first-order valence-electron chi connectivity index (χ1n) is 7.15. The molecule has 2 heteroatoms.